The SMILES string of the molecule is CC/C(=N/NC(=O)c1ccccc1Br)c1ccc(OCC(=O)[O-])cc1. The number of hydrogen-bond acceptors (Lipinski definition) is 5. The van der Waals surface area contributed by atoms with Crippen molar-refractivity contribution >= 4 is 33.5 Å². The molecule has 0 spiro atoms. The zero-order chi connectivity index (χ0) is 18.2. The third-order valence-corrected chi connectivity index (χ3v) is 3.98. The molecule has 2 rings (SSSR count). The lowest BCUT2D eigenvalue weighted by atomic mass is 10.1. The van der Waals surface area contributed by atoms with Crippen molar-refractivity contribution in [3.8, 4) is 5.75 Å². The number of amides is 1. The predicted molar refractivity (Wildman–Crippen MR) is 95.4 cm³/mol. The van der Waals surface area contributed by atoms with E-state index in [0.717, 1.165) is 5.56 Å². The fourth-order valence-electron chi connectivity index (χ4n) is 2.06. The monoisotopic (exact) mass is 403 g/mol. The number of aliphatic carboxylic acids is 1. The van der Waals surface area contributed by atoms with Crippen LogP contribution in [0.1, 0.15) is 29.3 Å². The molecule has 0 aliphatic heterocycles. The Hall–Kier alpha value is -2.67. The molecular weight excluding hydrogens is 388 g/mol. The Morgan fingerprint density at radius 3 is 2.44 bits per heavy atom. The van der Waals surface area contributed by atoms with Crippen LogP contribution in [0.25, 0.3) is 0 Å². The Labute approximate surface area is 153 Å². The van der Waals surface area contributed by atoms with E-state index in [-0.39, 0.29) is 5.91 Å². The first kappa shape index (κ1) is 18.7. The molecule has 6 nitrogen and oxygen atoms in total. The number of hydrogen-bond donors (Lipinski definition) is 1. The number of carboxylic acids is 1. The minimum Gasteiger partial charge on any atom is -0.546 e. The van der Waals surface area contributed by atoms with Crippen molar-refractivity contribution in [2.75, 3.05) is 6.61 Å². The second-order valence-electron chi connectivity index (χ2n) is 5.02. The molecular formula is C18H16BrN2O4-. The molecule has 0 radical (unpaired) electrons. The molecule has 1 amide bonds. The summed E-state index contributed by atoms with van der Waals surface area (Å²) >= 11 is 3.33. The van der Waals surface area contributed by atoms with Gasteiger partial charge in [0.05, 0.1) is 17.2 Å². The molecule has 2 aromatic rings. The minimum absolute atomic E-state index is 0.313. The van der Waals surface area contributed by atoms with Gasteiger partial charge in [0.2, 0.25) is 0 Å². The molecule has 0 atom stereocenters. The number of halogens is 1. The molecule has 25 heavy (non-hydrogen) atoms. The molecule has 0 heterocycles. The van der Waals surface area contributed by atoms with Crippen LogP contribution in [-0.4, -0.2) is 24.2 Å². The van der Waals surface area contributed by atoms with E-state index in [1.807, 2.05) is 13.0 Å². The van der Waals surface area contributed by atoms with Crippen LogP contribution in [0, 0.1) is 0 Å². The summed E-state index contributed by atoms with van der Waals surface area (Å²) in [6, 6.07) is 13.9. The molecule has 0 fully saturated rings. The lowest BCUT2D eigenvalue weighted by Crippen LogP contribution is -2.28. The van der Waals surface area contributed by atoms with Crippen LogP contribution in [0.3, 0.4) is 0 Å². The average molecular weight is 404 g/mol. The number of hydrazone groups is 1. The van der Waals surface area contributed by atoms with E-state index in [0.29, 0.717) is 27.9 Å². The second kappa shape index (κ2) is 8.98. The fraction of sp³-hybridized carbons (Fsp3) is 0.167. The molecule has 0 unspecified atom stereocenters. The van der Waals surface area contributed by atoms with Gasteiger partial charge in [0.1, 0.15) is 12.4 Å². The maximum Gasteiger partial charge on any atom is 0.272 e. The molecule has 1 N–H and O–H groups in total. The van der Waals surface area contributed by atoms with E-state index in [4.69, 9.17) is 4.74 Å². The first-order valence-corrected chi connectivity index (χ1v) is 8.35. The standard InChI is InChI=1S/C18H17BrN2O4/c1-2-16(12-7-9-13(10-8-12)25-11-17(22)23)20-21-18(24)14-5-3-4-6-15(14)19/h3-10H,2,11H2,1H3,(H,21,24)(H,22,23)/p-1/b20-16-. The van der Waals surface area contributed by atoms with Gasteiger partial charge in [0.25, 0.3) is 5.91 Å². The average Bonchev–Trinajstić information content (AvgIpc) is 2.61. The van der Waals surface area contributed by atoms with E-state index >= 15 is 0 Å². The van der Waals surface area contributed by atoms with Crippen LogP contribution in [-0.2, 0) is 4.79 Å². The van der Waals surface area contributed by atoms with E-state index in [1.54, 1.807) is 42.5 Å². The minimum atomic E-state index is -1.28. The van der Waals surface area contributed by atoms with Crippen LogP contribution in [0.15, 0.2) is 58.1 Å². The number of nitrogens with zero attached hydrogens (tertiary/aromatic N) is 1. The molecule has 0 saturated heterocycles. The van der Waals surface area contributed by atoms with E-state index in [1.165, 1.54) is 0 Å². The summed E-state index contributed by atoms with van der Waals surface area (Å²) in [5.74, 6) is -1.18. The van der Waals surface area contributed by atoms with Gasteiger partial charge in [-0.25, -0.2) is 5.43 Å². The smallest absolute Gasteiger partial charge is 0.272 e. The molecule has 7 heteroatoms. The summed E-state index contributed by atoms with van der Waals surface area (Å²) in [5, 5.41) is 14.6. The fourth-order valence-corrected chi connectivity index (χ4v) is 2.52. The number of rotatable bonds is 7. The zero-order valence-corrected chi connectivity index (χ0v) is 15.1. The maximum atomic E-state index is 12.2. The van der Waals surface area contributed by atoms with Gasteiger partial charge in [-0.15, -0.1) is 0 Å². The summed E-state index contributed by atoms with van der Waals surface area (Å²) < 4.78 is 5.72. The van der Waals surface area contributed by atoms with E-state index in [9.17, 15) is 14.7 Å². The van der Waals surface area contributed by atoms with Crippen molar-refractivity contribution in [3.63, 3.8) is 0 Å². The third kappa shape index (κ3) is 5.42. The lowest BCUT2D eigenvalue weighted by Gasteiger charge is -2.09. The molecule has 0 aliphatic carbocycles. The predicted octanol–water partition coefficient (Wildman–Crippen LogP) is 2.12. The van der Waals surface area contributed by atoms with E-state index < -0.39 is 12.6 Å². The third-order valence-electron chi connectivity index (χ3n) is 3.29. The summed E-state index contributed by atoms with van der Waals surface area (Å²) in [6.45, 7) is 1.42. The Morgan fingerprint density at radius 1 is 1.16 bits per heavy atom. The van der Waals surface area contributed by atoms with Crippen LogP contribution in [0.2, 0.25) is 0 Å². The first-order valence-electron chi connectivity index (χ1n) is 7.55. The highest BCUT2D eigenvalue weighted by molar-refractivity contribution is 9.10. The highest BCUT2D eigenvalue weighted by Gasteiger charge is 2.09. The van der Waals surface area contributed by atoms with Gasteiger partial charge >= 0.3 is 0 Å². The van der Waals surface area contributed by atoms with Crippen molar-refractivity contribution < 1.29 is 19.4 Å². The highest BCUT2D eigenvalue weighted by Crippen LogP contribution is 2.16. The Morgan fingerprint density at radius 2 is 1.84 bits per heavy atom. The van der Waals surface area contributed by atoms with Gasteiger partial charge < -0.3 is 14.6 Å². The molecule has 130 valence electrons. The van der Waals surface area contributed by atoms with E-state index in [2.05, 4.69) is 26.5 Å². The molecule has 0 bridgehead atoms. The Bertz CT molecular complexity index is 788. The van der Waals surface area contributed by atoms with Crippen molar-refractivity contribution in [1.29, 1.82) is 0 Å². The first-order chi connectivity index (χ1) is 12.0. The topological polar surface area (TPSA) is 90.8 Å². The van der Waals surface area contributed by atoms with Gasteiger partial charge in [-0.3, -0.25) is 4.79 Å². The number of benzene rings is 2. The summed E-state index contributed by atoms with van der Waals surface area (Å²) in [4.78, 5) is 22.6. The summed E-state index contributed by atoms with van der Waals surface area (Å²) in [7, 11) is 0. The van der Waals surface area contributed by atoms with Gasteiger partial charge in [0.15, 0.2) is 0 Å². The van der Waals surface area contributed by atoms with Crippen LogP contribution in [0.4, 0.5) is 0 Å². The van der Waals surface area contributed by atoms with Crippen molar-refractivity contribution in [2.24, 2.45) is 5.10 Å². The summed E-state index contributed by atoms with van der Waals surface area (Å²) in [5.41, 5.74) is 4.53. The Kier molecular flexibility index (Phi) is 6.71. The lowest BCUT2D eigenvalue weighted by molar-refractivity contribution is -0.307. The van der Waals surface area contributed by atoms with Crippen LogP contribution >= 0.6 is 15.9 Å². The molecule has 0 saturated carbocycles. The number of nitrogens with one attached hydrogen (secondary N) is 1. The van der Waals surface area contributed by atoms with Crippen molar-refractivity contribution in [2.45, 2.75) is 13.3 Å². The number of carboxylic acid groups (broad SMARTS) is 1. The maximum absolute atomic E-state index is 12.2. The number of carbonyl (C=O) groups is 2. The number of ether oxygens (including phenoxy) is 1. The zero-order valence-electron chi connectivity index (χ0n) is 13.5. The van der Waals surface area contributed by atoms with Crippen LogP contribution < -0.4 is 15.3 Å². The van der Waals surface area contributed by atoms with Gasteiger partial charge in [-0.05, 0) is 64.3 Å². The van der Waals surface area contributed by atoms with Gasteiger partial charge in [0, 0.05) is 4.47 Å². The molecule has 2 aromatic carbocycles. The van der Waals surface area contributed by atoms with Crippen molar-refractivity contribution in [3.05, 3.63) is 64.1 Å². The molecule has 0 aromatic heterocycles. The Balaban J connectivity index is 2.08. The normalized spacial score (nSPS) is 11.0. The van der Waals surface area contributed by atoms with Gasteiger partial charge in [-0.2, -0.15) is 5.10 Å². The molecule has 0 aliphatic rings. The second-order valence-corrected chi connectivity index (χ2v) is 5.87. The summed E-state index contributed by atoms with van der Waals surface area (Å²) in [6.07, 6.45) is 0.607. The quantitative estimate of drug-likeness (QED) is 0.566. The van der Waals surface area contributed by atoms with Gasteiger partial charge in [-0.1, -0.05) is 19.1 Å². The highest BCUT2D eigenvalue weighted by atomic mass is 79.9. The van der Waals surface area contributed by atoms with Crippen LogP contribution in [0.5, 0.6) is 5.75 Å². The number of carbonyl (C=O) groups excluding carboxylic acids is 2. The van der Waals surface area contributed by atoms with Crippen molar-refractivity contribution in [1.82, 2.24) is 5.43 Å². The largest absolute Gasteiger partial charge is 0.546 e.